The topological polar surface area (TPSA) is 93.7 Å². The van der Waals surface area contributed by atoms with Crippen LogP contribution in [0.15, 0.2) is 23.1 Å². The highest BCUT2D eigenvalue weighted by molar-refractivity contribution is 7.89. The lowest BCUT2D eigenvalue weighted by atomic mass is 10.2. The van der Waals surface area contributed by atoms with E-state index in [9.17, 15) is 13.2 Å². The maximum atomic E-state index is 12.2. The Morgan fingerprint density at radius 2 is 1.95 bits per heavy atom. The fourth-order valence-corrected chi connectivity index (χ4v) is 2.83. The van der Waals surface area contributed by atoms with Crippen LogP contribution in [0.1, 0.15) is 17.3 Å². The first-order valence-electron chi connectivity index (χ1n) is 6.29. The molecule has 1 unspecified atom stereocenters. The highest BCUT2D eigenvalue weighted by Crippen LogP contribution is 2.25. The third-order valence-electron chi connectivity index (χ3n) is 2.95. The number of benzene rings is 1. The van der Waals surface area contributed by atoms with E-state index in [2.05, 4.69) is 14.8 Å². The molecular formula is C13H21ClN2O5S. The summed E-state index contributed by atoms with van der Waals surface area (Å²) >= 11 is 0. The van der Waals surface area contributed by atoms with Crippen molar-refractivity contribution in [1.29, 1.82) is 0 Å². The van der Waals surface area contributed by atoms with E-state index in [4.69, 9.17) is 4.74 Å². The second kappa shape index (κ2) is 8.94. The molecule has 0 aliphatic heterocycles. The molecule has 0 aliphatic rings. The molecule has 1 aromatic rings. The van der Waals surface area contributed by atoms with Crippen molar-refractivity contribution >= 4 is 28.4 Å². The van der Waals surface area contributed by atoms with E-state index in [0.29, 0.717) is 0 Å². The molecule has 0 saturated heterocycles. The highest BCUT2D eigenvalue weighted by atomic mass is 35.5. The fraction of sp³-hybridized carbons (Fsp3) is 0.462. The number of halogens is 1. The zero-order chi connectivity index (χ0) is 16.0. The number of nitrogens with one attached hydrogen (secondary N) is 2. The largest absolute Gasteiger partial charge is 0.495 e. The predicted molar refractivity (Wildman–Crippen MR) is 85.3 cm³/mol. The zero-order valence-electron chi connectivity index (χ0n) is 12.9. The first-order valence-corrected chi connectivity index (χ1v) is 7.77. The van der Waals surface area contributed by atoms with Gasteiger partial charge in [-0.1, -0.05) is 0 Å². The van der Waals surface area contributed by atoms with E-state index in [1.165, 1.54) is 32.4 Å². The SMILES string of the molecule is CNC(C)CNS(=O)(=O)c1ccc(C(=O)OC)cc1OC.Cl. The van der Waals surface area contributed by atoms with Crippen LogP contribution in [-0.2, 0) is 14.8 Å². The zero-order valence-corrected chi connectivity index (χ0v) is 14.5. The molecule has 22 heavy (non-hydrogen) atoms. The van der Waals surface area contributed by atoms with Gasteiger partial charge in [0.2, 0.25) is 10.0 Å². The maximum absolute atomic E-state index is 12.2. The molecule has 0 fully saturated rings. The summed E-state index contributed by atoms with van der Waals surface area (Å²) in [5.41, 5.74) is 0.219. The smallest absolute Gasteiger partial charge is 0.337 e. The van der Waals surface area contributed by atoms with Crippen LogP contribution in [0, 0.1) is 0 Å². The predicted octanol–water partition coefficient (Wildman–Crippen LogP) is 0.790. The number of hydrogen-bond donors (Lipinski definition) is 2. The molecule has 126 valence electrons. The first-order chi connectivity index (χ1) is 9.85. The number of esters is 1. The summed E-state index contributed by atoms with van der Waals surface area (Å²) in [6, 6.07) is 4.02. The fourth-order valence-electron chi connectivity index (χ4n) is 1.55. The van der Waals surface area contributed by atoms with Gasteiger partial charge in [0, 0.05) is 12.6 Å². The molecular weight excluding hydrogens is 332 g/mol. The molecule has 0 saturated carbocycles. The summed E-state index contributed by atoms with van der Waals surface area (Å²) in [7, 11) is 0.605. The van der Waals surface area contributed by atoms with Crippen molar-refractivity contribution in [1.82, 2.24) is 10.0 Å². The van der Waals surface area contributed by atoms with Gasteiger partial charge in [0.25, 0.3) is 0 Å². The van der Waals surface area contributed by atoms with Gasteiger partial charge < -0.3 is 14.8 Å². The average Bonchev–Trinajstić information content (AvgIpc) is 2.50. The standard InChI is InChI=1S/C13H20N2O5S.ClH/c1-9(14-2)8-15-21(17,18)12-6-5-10(13(16)20-4)7-11(12)19-3;/h5-7,9,14-15H,8H2,1-4H3;1H. The van der Waals surface area contributed by atoms with E-state index in [0.717, 1.165) is 0 Å². The molecule has 0 radical (unpaired) electrons. The van der Waals surface area contributed by atoms with Gasteiger partial charge in [-0.3, -0.25) is 0 Å². The molecule has 1 atom stereocenters. The van der Waals surface area contributed by atoms with E-state index < -0.39 is 16.0 Å². The van der Waals surface area contributed by atoms with Gasteiger partial charge in [0.05, 0.1) is 19.8 Å². The van der Waals surface area contributed by atoms with E-state index >= 15 is 0 Å². The van der Waals surface area contributed by atoms with Crippen molar-refractivity contribution in [3.63, 3.8) is 0 Å². The number of sulfonamides is 1. The molecule has 7 nitrogen and oxygen atoms in total. The Kier molecular flexibility index (Phi) is 8.39. The molecule has 0 bridgehead atoms. The molecule has 0 spiro atoms. The van der Waals surface area contributed by atoms with Crippen LogP contribution in [-0.4, -0.2) is 48.2 Å². The monoisotopic (exact) mass is 352 g/mol. The Labute approximate surface area is 136 Å². The quantitative estimate of drug-likeness (QED) is 0.705. The van der Waals surface area contributed by atoms with E-state index in [-0.39, 0.29) is 41.2 Å². The minimum absolute atomic E-state index is 0. The van der Waals surface area contributed by atoms with Crippen molar-refractivity contribution in [2.24, 2.45) is 0 Å². The molecule has 0 aliphatic carbocycles. The van der Waals surface area contributed by atoms with E-state index in [1.807, 2.05) is 6.92 Å². The van der Waals surface area contributed by atoms with Gasteiger partial charge >= 0.3 is 5.97 Å². The minimum Gasteiger partial charge on any atom is -0.495 e. The Hall–Kier alpha value is -1.35. The van der Waals surface area contributed by atoms with Crippen molar-refractivity contribution in [2.45, 2.75) is 17.9 Å². The molecule has 1 aromatic carbocycles. The molecule has 2 N–H and O–H groups in total. The number of likely N-dealkylation sites (N-methyl/N-ethyl adjacent to an activating group) is 1. The number of carbonyl (C=O) groups is 1. The van der Waals surface area contributed by atoms with Gasteiger partial charge in [0.15, 0.2) is 0 Å². The van der Waals surface area contributed by atoms with Crippen LogP contribution in [0.25, 0.3) is 0 Å². The molecule has 9 heteroatoms. The Morgan fingerprint density at radius 3 is 2.45 bits per heavy atom. The van der Waals surface area contributed by atoms with Crippen LogP contribution in [0.2, 0.25) is 0 Å². The Bertz CT molecular complexity index is 606. The lowest BCUT2D eigenvalue weighted by molar-refractivity contribution is 0.0600. The second-order valence-corrected chi connectivity index (χ2v) is 6.13. The molecule has 0 heterocycles. The van der Waals surface area contributed by atoms with Crippen LogP contribution >= 0.6 is 12.4 Å². The summed E-state index contributed by atoms with van der Waals surface area (Å²) in [5, 5.41) is 2.93. The summed E-state index contributed by atoms with van der Waals surface area (Å²) in [4.78, 5) is 11.4. The number of ether oxygens (including phenoxy) is 2. The van der Waals surface area contributed by atoms with Gasteiger partial charge in [-0.15, -0.1) is 12.4 Å². The summed E-state index contributed by atoms with van der Waals surface area (Å²) in [6.07, 6.45) is 0. The highest BCUT2D eigenvalue weighted by Gasteiger charge is 2.21. The molecule has 1 rings (SSSR count). The third kappa shape index (κ3) is 5.13. The Balaban J connectivity index is 0.00000441. The average molecular weight is 353 g/mol. The van der Waals surface area contributed by atoms with Crippen molar-refractivity contribution in [3.05, 3.63) is 23.8 Å². The number of methoxy groups -OCH3 is 2. The molecule has 0 aromatic heterocycles. The van der Waals surface area contributed by atoms with Crippen LogP contribution in [0.3, 0.4) is 0 Å². The van der Waals surface area contributed by atoms with Gasteiger partial charge in [-0.25, -0.2) is 17.9 Å². The normalized spacial score (nSPS) is 12.2. The lowest BCUT2D eigenvalue weighted by Crippen LogP contribution is -2.37. The van der Waals surface area contributed by atoms with Crippen molar-refractivity contribution in [2.75, 3.05) is 27.8 Å². The lowest BCUT2D eigenvalue weighted by Gasteiger charge is -2.14. The van der Waals surface area contributed by atoms with Crippen molar-refractivity contribution < 1.29 is 22.7 Å². The van der Waals surface area contributed by atoms with Crippen LogP contribution in [0.5, 0.6) is 5.75 Å². The summed E-state index contributed by atoms with van der Waals surface area (Å²) < 4.78 is 36.6. The van der Waals surface area contributed by atoms with Crippen molar-refractivity contribution in [3.8, 4) is 5.75 Å². The third-order valence-corrected chi connectivity index (χ3v) is 4.41. The Morgan fingerprint density at radius 1 is 1.32 bits per heavy atom. The van der Waals surface area contributed by atoms with Gasteiger partial charge in [0.1, 0.15) is 10.6 Å². The van der Waals surface area contributed by atoms with Gasteiger partial charge in [-0.2, -0.15) is 0 Å². The van der Waals surface area contributed by atoms with Crippen LogP contribution in [0.4, 0.5) is 0 Å². The van der Waals surface area contributed by atoms with E-state index in [1.54, 1.807) is 7.05 Å². The summed E-state index contributed by atoms with van der Waals surface area (Å²) in [5.74, 6) is -0.475. The maximum Gasteiger partial charge on any atom is 0.337 e. The first kappa shape index (κ1) is 20.6. The second-order valence-electron chi connectivity index (χ2n) is 4.40. The number of rotatable bonds is 7. The minimum atomic E-state index is -3.72. The summed E-state index contributed by atoms with van der Waals surface area (Å²) in [6.45, 7) is 2.08. The molecule has 0 amide bonds. The van der Waals surface area contributed by atoms with Gasteiger partial charge in [-0.05, 0) is 32.2 Å². The number of hydrogen-bond acceptors (Lipinski definition) is 6. The van der Waals surface area contributed by atoms with Crippen LogP contribution < -0.4 is 14.8 Å². The number of carbonyl (C=O) groups excluding carboxylic acids is 1.